The molecule has 39 heavy (non-hydrogen) atoms. The summed E-state index contributed by atoms with van der Waals surface area (Å²) in [6.07, 6.45) is 4.24. The first-order chi connectivity index (χ1) is 18.7. The van der Waals surface area contributed by atoms with Crippen LogP contribution in [-0.2, 0) is 9.53 Å². The van der Waals surface area contributed by atoms with Crippen molar-refractivity contribution in [2.24, 2.45) is 5.73 Å². The van der Waals surface area contributed by atoms with E-state index in [-0.39, 0.29) is 23.0 Å². The number of nitrogens with two attached hydrogens (primary N) is 1. The maximum Gasteiger partial charge on any atom is 0.409 e. The van der Waals surface area contributed by atoms with Crippen LogP contribution in [0.4, 0.5) is 4.79 Å². The summed E-state index contributed by atoms with van der Waals surface area (Å²) in [6, 6.07) is 7.62. The number of aromatic nitrogens is 1. The highest BCUT2D eigenvalue weighted by atomic mass is 32.1. The SMILES string of the molecule is CC.CCOC(=O)N1CCC[C@H](NC(=O)C(=S)NC2=CCN(C)CC2)C1.Cc1ccc2[nH]c(C(N)=O)cc2c1. The lowest BCUT2D eigenvalue weighted by Gasteiger charge is -2.32. The van der Waals surface area contributed by atoms with Crippen LogP contribution >= 0.6 is 12.2 Å². The van der Waals surface area contributed by atoms with E-state index < -0.39 is 5.91 Å². The fourth-order valence-electron chi connectivity index (χ4n) is 4.20. The predicted octanol–water partition coefficient (Wildman–Crippen LogP) is 3.46. The van der Waals surface area contributed by atoms with Crippen molar-refractivity contribution in [3.63, 3.8) is 0 Å². The lowest BCUT2D eigenvalue weighted by molar-refractivity contribution is -0.115. The maximum absolute atomic E-state index is 12.3. The van der Waals surface area contributed by atoms with E-state index in [0.29, 0.717) is 25.4 Å². The number of hydrogen-bond donors (Lipinski definition) is 4. The number of hydrogen-bond acceptors (Lipinski definition) is 6. The van der Waals surface area contributed by atoms with E-state index in [1.807, 2.05) is 45.0 Å². The highest BCUT2D eigenvalue weighted by molar-refractivity contribution is 7.82. The van der Waals surface area contributed by atoms with Crippen LogP contribution in [0.5, 0.6) is 0 Å². The number of primary amides is 1. The van der Waals surface area contributed by atoms with E-state index in [0.717, 1.165) is 49.0 Å². The van der Waals surface area contributed by atoms with E-state index in [1.165, 1.54) is 5.56 Å². The Balaban J connectivity index is 0.000000298. The van der Waals surface area contributed by atoms with Gasteiger partial charge in [0.25, 0.3) is 11.8 Å². The fourth-order valence-corrected chi connectivity index (χ4v) is 4.39. The molecule has 214 valence electrons. The van der Waals surface area contributed by atoms with Gasteiger partial charge in [0, 0.05) is 48.8 Å². The number of nitrogens with zero attached hydrogens (tertiary/aromatic N) is 2. The summed E-state index contributed by atoms with van der Waals surface area (Å²) in [5.41, 5.74) is 8.71. The Bertz CT molecular complexity index is 1180. The topological polar surface area (TPSA) is 133 Å². The summed E-state index contributed by atoms with van der Waals surface area (Å²) < 4.78 is 5.02. The number of likely N-dealkylation sites (tertiary alicyclic amines) is 1. The maximum atomic E-state index is 12.3. The molecule has 1 aromatic heterocycles. The highest BCUT2D eigenvalue weighted by Crippen LogP contribution is 2.16. The zero-order valence-corrected chi connectivity index (χ0v) is 24.5. The van der Waals surface area contributed by atoms with Gasteiger partial charge in [0.2, 0.25) is 0 Å². The number of nitrogens with one attached hydrogen (secondary N) is 3. The van der Waals surface area contributed by atoms with Crippen LogP contribution in [0.3, 0.4) is 0 Å². The van der Waals surface area contributed by atoms with Gasteiger partial charge in [0.1, 0.15) is 5.69 Å². The van der Waals surface area contributed by atoms with E-state index in [4.69, 9.17) is 22.7 Å². The van der Waals surface area contributed by atoms with Crippen molar-refractivity contribution < 1.29 is 19.1 Å². The second kappa shape index (κ2) is 15.8. The minimum atomic E-state index is -0.422. The zero-order valence-electron chi connectivity index (χ0n) is 23.6. The third-order valence-corrected chi connectivity index (χ3v) is 6.50. The minimum Gasteiger partial charge on any atom is -0.450 e. The molecular weight excluding hydrogens is 516 g/mol. The number of rotatable bonds is 4. The van der Waals surface area contributed by atoms with Gasteiger partial charge in [-0.1, -0.05) is 43.8 Å². The number of H-pyrrole nitrogens is 1. The zero-order chi connectivity index (χ0) is 28.9. The highest BCUT2D eigenvalue weighted by Gasteiger charge is 2.26. The molecule has 11 heteroatoms. The molecule has 0 radical (unpaired) electrons. The van der Waals surface area contributed by atoms with Gasteiger partial charge in [-0.25, -0.2) is 4.79 Å². The van der Waals surface area contributed by atoms with E-state index in [9.17, 15) is 14.4 Å². The second-order valence-electron chi connectivity index (χ2n) is 9.29. The number of likely N-dealkylation sites (N-methyl/N-ethyl adjacent to an activating group) is 1. The predicted molar refractivity (Wildman–Crippen MR) is 159 cm³/mol. The molecular formula is C28H42N6O4S. The van der Waals surface area contributed by atoms with E-state index in [2.05, 4.69) is 27.6 Å². The Morgan fingerprint density at radius 2 is 1.95 bits per heavy atom. The van der Waals surface area contributed by atoms with Crippen molar-refractivity contribution in [3.05, 3.63) is 47.3 Å². The molecule has 1 atom stereocenters. The van der Waals surface area contributed by atoms with Crippen molar-refractivity contribution >= 4 is 46.0 Å². The molecule has 2 aliphatic heterocycles. The van der Waals surface area contributed by atoms with E-state index >= 15 is 0 Å². The molecule has 0 bridgehead atoms. The third-order valence-electron chi connectivity index (χ3n) is 6.22. The van der Waals surface area contributed by atoms with Crippen LogP contribution in [-0.4, -0.2) is 83.6 Å². The number of carbonyl (C=O) groups is 3. The quantitative estimate of drug-likeness (QED) is 0.423. The normalized spacial score (nSPS) is 17.0. The standard InChI is InChI=1S/C16H26N4O3S.C10H10N2O.C2H6/c1-3-23-16(22)20-8-4-5-13(11-20)17-14(21)15(24)18-12-6-9-19(2)10-7-12;1-6-2-3-8-7(4-6)5-9(12-8)10(11)13;1-2/h6,13H,3-5,7-11H2,1-2H3,(H,17,21)(H,18,24);2-5,12H,1H3,(H2,11,13);1-2H3/t13-;;/m0../s1. The largest absolute Gasteiger partial charge is 0.450 e. The number of piperidine rings is 1. The van der Waals surface area contributed by atoms with Crippen LogP contribution < -0.4 is 16.4 Å². The Kier molecular flexibility index (Phi) is 12.9. The summed E-state index contributed by atoms with van der Waals surface area (Å²) in [5, 5.41) is 6.97. The van der Waals surface area contributed by atoms with Crippen LogP contribution in [0, 0.1) is 6.92 Å². The van der Waals surface area contributed by atoms with Gasteiger partial charge in [0.05, 0.1) is 6.61 Å². The molecule has 1 fully saturated rings. The minimum absolute atomic E-state index is 0.0955. The molecule has 2 aliphatic rings. The molecule has 3 heterocycles. The summed E-state index contributed by atoms with van der Waals surface area (Å²) in [4.78, 5) is 41.9. The molecule has 0 unspecified atom stereocenters. The molecule has 2 aromatic rings. The fraction of sp³-hybridized carbons (Fsp3) is 0.500. The molecule has 4 rings (SSSR count). The van der Waals surface area contributed by atoms with Gasteiger partial charge < -0.3 is 35.9 Å². The number of carbonyl (C=O) groups excluding carboxylic acids is 3. The van der Waals surface area contributed by atoms with Crippen LogP contribution in [0.1, 0.15) is 56.1 Å². The average Bonchev–Trinajstić information content (AvgIpc) is 3.35. The van der Waals surface area contributed by atoms with Crippen LogP contribution in [0.15, 0.2) is 36.0 Å². The number of thiocarbonyl (C=S) groups is 1. The van der Waals surface area contributed by atoms with Crippen molar-refractivity contribution in [2.75, 3.05) is 39.8 Å². The number of aromatic amines is 1. The van der Waals surface area contributed by atoms with Gasteiger partial charge >= 0.3 is 6.09 Å². The van der Waals surface area contributed by atoms with Gasteiger partial charge in [0.15, 0.2) is 4.99 Å². The second-order valence-corrected chi connectivity index (χ2v) is 9.70. The van der Waals surface area contributed by atoms with E-state index in [1.54, 1.807) is 17.9 Å². The Morgan fingerprint density at radius 3 is 2.59 bits per heavy atom. The van der Waals surface area contributed by atoms with Gasteiger partial charge in [-0.05, 0) is 58.4 Å². The number of benzene rings is 1. The average molecular weight is 559 g/mol. The first-order valence-electron chi connectivity index (χ1n) is 13.5. The molecule has 1 aromatic carbocycles. The molecule has 5 N–H and O–H groups in total. The molecule has 0 saturated carbocycles. The van der Waals surface area contributed by atoms with Crippen molar-refractivity contribution in [1.29, 1.82) is 0 Å². The number of ether oxygens (including phenoxy) is 1. The molecule has 3 amide bonds. The molecule has 0 aliphatic carbocycles. The lowest BCUT2D eigenvalue weighted by atomic mass is 10.1. The first-order valence-corrected chi connectivity index (χ1v) is 13.9. The van der Waals surface area contributed by atoms with Crippen molar-refractivity contribution in [2.45, 2.75) is 53.0 Å². The summed E-state index contributed by atoms with van der Waals surface area (Å²) in [7, 11) is 2.05. The molecule has 1 saturated heterocycles. The number of amides is 3. The summed E-state index contributed by atoms with van der Waals surface area (Å²) >= 11 is 5.20. The van der Waals surface area contributed by atoms with Gasteiger partial charge in [-0.2, -0.15) is 0 Å². The Labute approximate surface area is 236 Å². The third kappa shape index (κ3) is 9.99. The van der Waals surface area contributed by atoms with Crippen molar-refractivity contribution in [1.82, 2.24) is 25.4 Å². The van der Waals surface area contributed by atoms with Crippen LogP contribution in [0.2, 0.25) is 0 Å². The summed E-state index contributed by atoms with van der Waals surface area (Å²) in [6.45, 7) is 11.1. The Hall–Kier alpha value is -3.44. The number of fused-ring (bicyclic) bond motifs is 1. The lowest BCUT2D eigenvalue weighted by Crippen LogP contribution is -2.52. The summed E-state index contributed by atoms with van der Waals surface area (Å²) in [5.74, 6) is -0.714. The van der Waals surface area contributed by atoms with Crippen molar-refractivity contribution in [3.8, 4) is 0 Å². The van der Waals surface area contributed by atoms with Gasteiger partial charge in [-0.3, -0.25) is 9.59 Å². The van der Waals surface area contributed by atoms with Gasteiger partial charge in [-0.15, -0.1) is 0 Å². The smallest absolute Gasteiger partial charge is 0.409 e. The number of aryl methyl sites for hydroxylation is 1. The van der Waals surface area contributed by atoms with Crippen LogP contribution in [0.25, 0.3) is 10.9 Å². The molecule has 10 nitrogen and oxygen atoms in total. The first kappa shape index (κ1) is 31.8. The molecule has 0 spiro atoms. The monoisotopic (exact) mass is 558 g/mol. The Morgan fingerprint density at radius 1 is 1.21 bits per heavy atom.